The Morgan fingerprint density at radius 3 is 2.20 bits per heavy atom. The molecule has 54 heavy (non-hydrogen) atoms. The van der Waals surface area contributed by atoms with Crippen molar-refractivity contribution in [2.45, 2.75) is 88.7 Å². The van der Waals surface area contributed by atoms with Gasteiger partial charge in [-0.15, -0.1) is 5.10 Å². The summed E-state index contributed by atoms with van der Waals surface area (Å²) < 4.78 is 8.67. The zero-order valence-electron chi connectivity index (χ0n) is 31.0. The van der Waals surface area contributed by atoms with Gasteiger partial charge < -0.3 is 40.4 Å². The summed E-state index contributed by atoms with van der Waals surface area (Å²) in [7, 11) is -3.00. The van der Waals surface area contributed by atoms with Crippen LogP contribution in [0.4, 0.5) is 17.1 Å². The molecule has 7 atom stereocenters. The summed E-state index contributed by atoms with van der Waals surface area (Å²) >= 11 is 0. The fourth-order valence-electron chi connectivity index (χ4n) is 7.85. The molecule has 14 nitrogen and oxygen atoms in total. The van der Waals surface area contributed by atoms with E-state index in [0.29, 0.717) is 41.3 Å². The Hall–Kier alpha value is -4.77. The molecule has 6 rings (SSSR count). The lowest BCUT2D eigenvalue weighted by atomic mass is 9.82. The van der Waals surface area contributed by atoms with E-state index < -0.39 is 50.0 Å². The molecule has 1 saturated heterocycles. The lowest BCUT2D eigenvalue weighted by Crippen LogP contribution is -2.46. The van der Waals surface area contributed by atoms with Crippen LogP contribution < -0.4 is 15.5 Å². The third kappa shape index (κ3) is 7.60. The number of carbonyl (C=O) groups is 3. The summed E-state index contributed by atoms with van der Waals surface area (Å²) in [4.78, 5) is 52.9. The molecule has 2 aliphatic rings. The van der Waals surface area contributed by atoms with Crippen LogP contribution in [0.3, 0.4) is 0 Å². The van der Waals surface area contributed by atoms with Gasteiger partial charge in [0, 0.05) is 41.1 Å². The van der Waals surface area contributed by atoms with Gasteiger partial charge in [0.2, 0.25) is 0 Å². The van der Waals surface area contributed by atoms with Crippen molar-refractivity contribution in [3.05, 3.63) is 101 Å². The minimum absolute atomic E-state index is 0.137. The number of hydrogen-bond donors (Lipinski definition) is 6. The lowest BCUT2D eigenvalue weighted by Gasteiger charge is -2.32. The standard InChI is InChI=1S/C39H48N6O8Si/c1-23-35(54(4,5)52)34(17-18-44-21-32(42-43-44)30(22-46)27-9-7-6-8-10-27)53-39(23)31-19-29(41-37(50)25(3)48)15-16-33(31)45(38(39)51)20-26-11-13-28(14-12-26)40-36(49)24(2)47/h6-16,19,21,23-25,30,34-35,46-48,52H,17-18,20,22H2,1-5H3,(H,40,49)(H,41,50)/t23-,24+,25+,30?,34+,35-,39+/m1/s1. The van der Waals surface area contributed by atoms with E-state index in [0.717, 1.165) is 11.1 Å². The lowest BCUT2D eigenvalue weighted by molar-refractivity contribution is -0.146. The number of carbonyl (C=O) groups excluding carboxylic acids is 3. The van der Waals surface area contributed by atoms with Crippen molar-refractivity contribution in [2.24, 2.45) is 5.92 Å². The molecular formula is C39H48N6O8Si. The van der Waals surface area contributed by atoms with Crippen molar-refractivity contribution in [2.75, 3.05) is 22.1 Å². The quantitative estimate of drug-likeness (QED) is 0.110. The summed E-state index contributed by atoms with van der Waals surface area (Å²) in [6.45, 7) is 8.77. The first-order valence-electron chi connectivity index (χ1n) is 18.1. The molecule has 1 fully saturated rings. The number of ether oxygens (including phenoxy) is 1. The smallest absolute Gasteiger partial charge is 0.264 e. The van der Waals surface area contributed by atoms with Crippen LogP contribution in [0, 0.1) is 5.92 Å². The summed E-state index contributed by atoms with van der Waals surface area (Å²) in [6.07, 6.45) is -0.768. The van der Waals surface area contributed by atoms with E-state index >= 15 is 0 Å². The van der Waals surface area contributed by atoms with E-state index in [4.69, 9.17) is 4.74 Å². The second-order valence-electron chi connectivity index (χ2n) is 14.9. The molecule has 1 aromatic heterocycles. The van der Waals surface area contributed by atoms with Crippen molar-refractivity contribution < 1.29 is 39.2 Å². The van der Waals surface area contributed by atoms with Gasteiger partial charge in [0.05, 0.1) is 36.6 Å². The highest BCUT2D eigenvalue weighted by molar-refractivity contribution is 6.71. The Kier molecular flexibility index (Phi) is 11.2. The average Bonchev–Trinajstić information content (AvgIpc) is 3.79. The van der Waals surface area contributed by atoms with E-state index in [2.05, 4.69) is 20.9 Å². The molecule has 2 aliphatic heterocycles. The predicted molar refractivity (Wildman–Crippen MR) is 204 cm³/mol. The Balaban J connectivity index is 1.32. The number of aliphatic hydroxyl groups is 3. The molecule has 6 N–H and O–H groups in total. The van der Waals surface area contributed by atoms with Crippen LogP contribution in [-0.2, 0) is 37.8 Å². The summed E-state index contributed by atoms with van der Waals surface area (Å²) in [5.74, 6) is -2.27. The van der Waals surface area contributed by atoms with E-state index in [1.165, 1.54) is 13.8 Å². The average molecular weight is 757 g/mol. The monoisotopic (exact) mass is 756 g/mol. The highest BCUT2D eigenvalue weighted by atomic mass is 28.4. The van der Waals surface area contributed by atoms with Crippen LogP contribution in [0.5, 0.6) is 0 Å². The van der Waals surface area contributed by atoms with Crippen LogP contribution in [0.15, 0.2) is 79.0 Å². The summed E-state index contributed by atoms with van der Waals surface area (Å²) in [6, 6.07) is 21.7. The van der Waals surface area contributed by atoms with Crippen LogP contribution >= 0.6 is 0 Å². The van der Waals surface area contributed by atoms with Crippen molar-refractivity contribution >= 4 is 43.1 Å². The fraction of sp³-hybridized carbons (Fsp3) is 0.410. The summed E-state index contributed by atoms with van der Waals surface area (Å²) in [5, 5.41) is 43.7. The molecule has 0 saturated carbocycles. The molecule has 1 spiro atoms. The largest absolute Gasteiger partial charge is 0.432 e. The molecule has 0 aliphatic carbocycles. The number of hydrogen-bond acceptors (Lipinski definition) is 10. The molecular weight excluding hydrogens is 709 g/mol. The molecule has 3 amide bonds. The Labute approximate surface area is 314 Å². The van der Waals surface area contributed by atoms with Crippen molar-refractivity contribution in [1.29, 1.82) is 0 Å². The Bertz CT molecular complexity index is 1980. The molecule has 1 unspecified atom stereocenters. The van der Waals surface area contributed by atoms with Crippen molar-refractivity contribution in [3.8, 4) is 0 Å². The normalized spacial score (nSPS) is 22.6. The fourth-order valence-corrected chi connectivity index (χ4v) is 10.5. The van der Waals surface area contributed by atoms with E-state index in [1.807, 2.05) is 50.3 Å². The maximum Gasteiger partial charge on any atom is 0.264 e. The molecule has 4 aromatic rings. The van der Waals surface area contributed by atoms with Gasteiger partial charge in [-0.1, -0.05) is 54.6 Å². The van der Waals surface area contributed by atoms with Gasteiger partial charge in [-0.05, 0) is 74.8 Å². The number of aliphatic hydroxyl groups excluding tert-OH is 3. The minimum atomic E-state index is -3.00. The molecule has 0 bridgehead atoms. The van der Waals surface area contributed by atoms with Gasteiger partial charge in [0.25, 0.3) is 17.7 Å². The molecule has 3 heterocycles. The minimum Gasteiger partial charge on any atom is -0.432 e. The number of nitrogens with one attached hydrogen (secondary N) is 2. The number of anilines is 3. The third-order valence-corrected chi connectivity index (χ3v) is 13.0. The zero-order valence-corrected chi connectivity index (χ0v) is 32.0. The predicted octanol–water partition coefficient (Wildman–Crippen LogP) is 3.48. The molecule has 15 heteroatoms. The maximum atomic E-state index is 14.9. The Morgan fingerprint density at radius 2 is 1.59 bits per heavy atom. The van der Waals surface area contributed by atoms with Gasteiger partial charge >= 0.3 is 0 Å². The number of amides is 3. The van der Waals surface area contributed by atoms with Crippen LogP contribution in [0.1, 0.15) is 55.5 Å². The van der Waals surface area contributed by atoms with E-state index in [9.17, 15) is 34.5 Å². The Morgan fingerprint density at radius 1 is 0.963 bits per heavy atom. The number of aromatic nitrogens is 3. The topological polar surface area (TPSA) is 199 Å². The van der Waals surface area contributed by atoms with Gasteiger partial charge in [0.15, 0.2) is 13.9 Å². The van der Waals surface area contributed by atoms with Gasteiger partial charge in [-0.3, -0.25) is 19.1 Å². The first kappa shape index (κ1) is 38.9. The van der Waals surface area contributed by atoms with Gasteiger partial charge in [0.1, 0.15) is 12.2 Å². The number of aryl methyl sites for hydroxylation is 1. The number of nitrogens with zero attached hydrogens (tertiary/aromatic N) is 4. The van der Waals surface area contributed by atoms with Crippen molar-refractivity contribution in [3.63, 3.8) is 0 Å². The van der Waals surface area contributed by atoms with E-state index in [1.54, 1.807) is 58.2 Å². The first-order valence-corrected chi connectivity index (χ1v) is 21.2. The van der Waals surface area contributed by atoms with Gasteiger partial charge in [-0.25, -0.2) is 0 Å². The van der Waals surface area contributed by atoms with E-state index in [-0.39, 0.29) is 30.5 Å². The number of benzene rings is 3. The first-order chi connectivity index (χ1) is 25.6. The van der Waals surface area contributed by atoms with Crippen LogP contribution in [-0.4, -0.2) is 86.1 Å². The van der Waals surface area contributed by atoms with Crippen LogP contribution in [0.25, 0.3) is 0 Å². The highest BCUT2D eigenvalue weighted by Gasteiger charge is 2.66. The number of rotatable bonds is 13. The molecule has 3 aromatic carbocycles. The van der Waals surface area contributed by atoms with Crippen molar-refractivity contribution in [1.82, 2.24) is 15.0 Å². The zero-order chi connectivity index (χ0) is 38.9. The second kappa shape index (κ2) is 15.5. The van der Waals surface area contributed by atoms with Crippen LogP contribution in [0.2, 0.25) is 18.6 Å². The SMILES string of the molecule is C[C@H](O)C(=O)Nc1ccc(CN2C(=O)[C@@]3(O[C@@H](CCn4cc(C(CO)c5ccccc5)nn4)[C@H]([Si](C)(C)O)[C@H]3C)c3cc(NC(=O)[C@H](C)O)ccc32)cc1. The maximum absolute atomic E-state index is 14.9. The summed E-state index contributed by atoms with van der Waals surface area (Å²) in [5.41, 5.74) is 2.44. The second-order valence-corrected chi connectivity index (χ2v) is 18.8. The van der Waals surface area contributed by atoms with Gasteiger partial charge in [-0.2, -0.15) is 0 Å². The number of fused-ring (bicyclic) bond motifs is 2. The molecule has 0 radical (unpaired) electrons. The third-order valence-electron chi connectivity index (χ3n) is 10.5. The molecule has 286 valence electrons. The highest BCUT2D eigenvalue weighted by Crippen LogP contribution is 2.60.